The van der Waals surface area contributed by atoms with E-state index in [1.807, 2.05) is 6.07 Å². The summed E-state index contributed by atoms with van der Waals surface area (Å²) in [6.07, 6.45) is 4.56. The second kappa shape index (κ2) is 9.24. The number of phenolic OH excluding ortho intramolecular Hbond substituents is 1. The van der Waals surface area contributed by atoms with Crippen LogP contribution < -0.4 is 0 Å². The number of hydrogen-bond acceptors (Lipinski definition) is 6. The summed E-state index contributed by atoms with van der Waals surface area (Å²) >= 11 is 5.81. The van der Waals surface area contributed by atoms with Crippen LogP contribution in [0.25, 0.3) is 0 Å². The predicted molar refractivity (Wildman–Crippen MR) is 96.0 cm³/mol. The van der Waals surface area contributed by atoms with Gasteiger partial charge in [0.2, 0.25) is 0 Å². The molecule has 1 aromatic rings. The van der Waals surface area contributed by atoms with Crippen LogP contribution in [0.15, 0.2) is 18.2 Å². The fourth-order valence-electron chi connectivity index (χ4n) is 3.17. The topological polar surface area (TPSA) is 93.1 Å². The molecule has 0 aromatic heterocycles. The molecule has 0 radical (unpaired) electrons. The van der Waals surface area contributed by atoms with Gasteiger partial charge in [0.15, 0.2) is 5.60 Å². The zero-order chi connectivity index (χ0) is 19.2. The summed E-state index contributed by atoms with van der Waals surface area (Å²) in [5, 5.41) is 20.6. The van der Waals surface area contributed by atoms with E-state index in [4.69, 9.17) is 16.3 Å². The minimum absolute atomic E-state index is 0.125. The molecule has 2 N–H and O–H groups in total. The molecule has 1 aliphatic heterocycles. The molecule has 7 heteroatoms. The van der Waals surface area contributed by atoms with E-state index in [1.165, 1.54) is 7.11 Å². The number of carbonyl (C=O) groups excluding carboxylic acids is 2. The SMILES string of the molecule is COC(=O)C[C@@]1(O)C[C@@H](CCCCCCc2ccc(Cl)cc2O)OC1=O. The molecule has 26 heavy (non-hydrogen) atoms. The normalized spacial score (nSPS) is 22.3. The van der Waals surface area contributed by atoms with E-state index >= 15 is 0 Å². The average molecular weight is 385 g/mol. The highest BCUT2D eigenvalue weighted by atomic mass is 35.5. The lowest BCUT2D eigenvalue weighted by molar-refractivity contribution is -0.161. The number of aromatic hydroxyl groups is 1. The molecule has 1 heterocycles. The summed E-state index contributed by atoms with van der Waals surface area (Å²) in [7, 11) is 1.22. The molecule has 0 bridgehead atoms. The first-order valence-electron chi connectivity index (χ1n) is 8.82. The van der Waals surface area contributed by atoms with Crippen molar-refractivity contribution in [3.05, 3.63) is 28.8 Å². The molecule has 144 valence electrons. The molecular weight excluding hydrogens is 360 g/mol. The lowest BCUT2D eigenvalue weighted by Gasteiger charge is -2.15. The second-order valence-electron chi connectivity index (χ2n) is 6.74. The van der Waals surface area contributed by atoms with Crippen molar-refractivity contribution in [1.29, 1.82) is 0 Å². The Bertz CT molecular complexity index is 647. The van der Waals surface area contributed by atoms with Gasteiger partial charge >= 0.3 is 11.9 Å². The third kappa shape index (κ3) is 5.61. The highest BCUT2D eigenvalue weighted by Crippen LogP contribution is 2.32. The number of aryl methyl sites for hydroxylation is 1. The van der Waals surface area contributed by atoms with Crippen molar-refractivity contribution >= 4 is 23.5 Å². The zero-order valence-electron chi connectivity index (χ0n) is 14.9. The minimum Gasteiger partial charge on any atom is -0.508 e. The summed E-state index contributed by atoms with van der Waals surface area (Å²) in [6, 6.07) is 5.14. The largest absolute Gasteiger partial charge is 0.508 e. The number of ether oxygens (including phenoxy) is 2. The summed E-state index contributed by atoms with van der Waals surface area (Å²) in [5.74, 6) is -1.15. The highest BCUT2D eigenvalue weighted by Gasteiger charge is 2.49. The van der Waals surface area contributed by atoms with Crippen molar-refractivity contribution in [3.8, 4) is 5.75 Å². The number of esters is 2. The average Bonchev–Trinajstić information content (AvgIpc) is 2.86. The van der Waals surface area contributed by atoms with E-state index in [-0.39, 0.29) is 24.7 Å². The Morgan fingerprint density at radius 2 is 2.08 bits per heavy atom. The maximum atomic E-state index is 11.8. The quantitative estimate of drug-likeness (QED) is 0.502. The van der Waals surface area contributed by atoms with Crippen LogP contribution in [0, 0.1) is 0 Å². The fraction of sp³-hybridized carbons (Fsp3) is 0.579. The van der Waals surface area contributed by atoms with Gasteiger partial charge in [-0.25, -0.2) is 4.79 Å². The van der Waals surface area contributed by atoms with Gasteiger partial charge in [0, 0.05) is 11.4 Å². The standard InChI is InChI=1S/C19H25ClO6/c1-25-17(22)12-19(24)11-15(26-18(19)23)7-5-3-2-4-6-13-8-9-14(20)10-16(13)21/h8-10,15,21,24H,2-7,11-12H2,1H3/t15-,19+/m1/s1. The Morgan fingerprint density at radius 3 is 2.77 bits per heavy atom. The second-order valence-corrected chi connectivity index (χ2v) is 7.18. The van der Waals surface area contributed by atoms with Crippen LogP contribution in [0.1, 0.15) is 50.5 Å². The van der Waals surface area contributed by atoms with Crippen LogP contribution >= 0.6 is 11.6 Å². The summed E-state index contributed by atoms with van der Waals surface area (Å²) < 4.78 is 9.69. The third-order valence-corrected chi connectivity index (χ3v) is 4.89. The molecule has 2 atom stereocenters. The molecule has 1 saturated heterocycles. The Balaban J connectivity index is 1.64. The number of benzene rings is 1. The van der Waals surface area contributed by atoms with Crippen molar-refractivity contribution in [2.75, 3.05) is 7.11 Å². The van der Waals surface area contributed by atoms with Gasteiger partial charge in [0.1, 0.15) is 11.9 Å². The molecule has 1 aromatic carbocycles. The van der Waals surface area contributed by atoms with Crippen LogP contribution in [0.2, 0.25) is 5.02 Å². The van der Waals surface area contributed by atoms with Gasteiger partial charge < -0.3 is 19.7 Å². The monoisotopic (exact) mass is 384 g/mol. The first-order chi connectivity index (χ1) is 12.3. The minimum atomic E-state index is -1.76. The first-order valence-corrected chi connectivity index (χ1v) is 9.19. The summed E-state index contributed by atoms with van der Waals surface area (Å²) in [4.78, 5) is 23.1. The molecule has 1 aliphatic rings. The van der Waals surface area contributed by atoms with E-state index in [0.717, 1.165) is 37.7 Å². The molecule has 0 unspecified atom stereocenters. The van der Waals surface area contributed by atoms with Gasteiger partial charge in [-0.1, -0.05) is 30.5 Å². The predicted octanol–water partition coefficient (Wildman–Crippen LogP) is 3.15. The van der Waals surface area contributed by atoms with Gasteiger partial charge in [0.25, 0.3) is 0 Å². The molecule has 0 aliphatic carbocycles. The molecule has 0 saturated carbocycles. The Kier molecular flexibility index (Phi) is 7.29. The van der Waals surface area contributed by atoms with Crippen molar-refractivity contribution < 1.29 is 29.3 Å². The van der Waals surface area contributed by atoms with Crippen LogP contribution in [0.4, 0.5) is 0 Å². The Hall–Kier alpha value is -1.79. The number of unbranched alkanes of at least 4 members (excludes halogenated alkanes) is 3. The summed E-state index contributed by atoms with van der Waals surface area (Å²) in [6.45, 7) is 0. The van der Waals surface area contributed by atoms with Gasteiger partial charge in [-0.05, 0) is 43.4 Å². The highest BCUT2D eigenvalue weighted by molar-refractivity contribution is 6.30. The van der Waals surface area contributed by atoms with Crippen molar-refractivity contribution in [2.45, 2.75) is 63.1 Å². The lowest BCUT2D eigenvalue weighted by atomic mass is 9.93. The number of halogens is 1. The van der Waals surface area contributed by atoms with E-state index in [1.54, 1.807) is 12.1 Å². The molecule has 6 nitrogen and oxygen atoms in total. The summed E-state index contributed by atoms with van der Waals surface area (Å²) in [5.41, 5.74) is -0.879. The number of rotatable bonds is 9. The van der Waals surface area contributed by atoms with E-state index in [9.17, 15) is 19.8 Å². The van der Waals surface area contributed by atoms with E-state index < -0.39 is 17.5 Å². The number of phenols is 1. The van der Waals surface area contributed by atoms with Crippen LogP contribution in [-0.2, 0) is 25.5 Å². The zero-order valence-corrected chi connectivity index (χ0v) is 15.6. The maximum Gasteiger partial charge on any atom is 0.339 e. The molecule has 0 spiro atoms. The van der Waals surface area contributed by atoms with E-state index in [0.29, 0.717) is 11.4 Å². The van der Waals surface area contributed by atoms with E-state index in [2.05, 4.69) is 4.74 Å². The van der Waals surface area contributed by atoms with Crippen molar-refractivity contribution in [1.82, 2.24) is 0 Å². The third-order valence-electron chi connectivity index (χ3n) is 4.65. The van der Waals surface area contributed by atoms with Gasteiger partial charge in [-0.15, -0.1) is 0 Å². The molecular formula is C19H25ClO6. The Labute approximate surface area is 158 Å². The van der Waals surface area contributed by atoms with Crippen LogP contribution in [0.5, 0.6) is 5.75 Å². The lowest BCUT2D eigenvalue weighted by Crippen LogP contribution is -2.37. The van der Waals surface area contributed by atoms with Gasteiger partial charge in [-0.2, -0.15) is 0 Å². The number of carbonyl (C=O) groups is 2. The van der Waals surface area contributed by atoms with Crippen LogP contribution in [0.3, 0.4) is 0 Å². The molecule has 2 rings (SSSR count). The number of aliphatic hydroxyl groups is 1. The maximum absolute atomic E-state index is 11.8. The van der Waals surface area contributed by atoms with Gasteiger partial charge in [-0.3, -0.25) is 4.79 Å². The number of cyclic esters (lactones) is 1. The Morgan fingerprint density at radius 1 is 1.35 bits per heavy atom. The van der Waals surface area contributed by atoms with Crippen molar-refractivity contribution in [3.63, 3.8) is 0 Å². The number of methoxy groups -OCH3 is 1. The molecule has 1 fully saturated rings. The van der Waals surface area contributed by atoms with Gasteiger partial charge in [0.05, 0.1) is 13.5 Å². The number of hydrogen-bond donors (Lipinski definition) is 2. The van der Waals surface area contributed by atoms with Crippen molar-refractivity contribution in [2.24, 2.45) is 0 Å². The fourth-order valence-corrected chi connectivity index (χ4v) is 3.33. The molecule has 0 amide bonds. The first kappa shape index (κ1) is 20.5. The smallest absolute Gasteiger partial charge is 0.339 e. The van der Waals surface area contributed by atoms with Crippen LogP contribution in [-0.4, -0.2) is 41.0 Å².